The molecule has 0 aromatic carbocycles. The molecule has 0 amide bonds. The number of allylic oxidation sites excluding steroid dienone is 24. The van der Waals surface area contributed by atoms with Gasteiger partial charge in [-0.15, -0.1) is 0 Å². The van der Waals surface area contributed by atoms with Crippen LogP contribution in [0.15, 0.2) is 146 Å². The summed E-state index contributed by atoms with van der Waals surface area (Å²) in [7, 11) is 1.30. The van der Waals surface area contributed by atoms with Crippen molar-refractivity contribution in [3.8, 4) is 0 Å². The maximum absolute atomic E-state index is 12.8. The van der Waals surface area contributed by atoms with Crippen LogP contribution in [0.5, 0.6) is 0 Å². The molecule has 0 aromatic rings. The predicted octanol–water partition coefficient (Wildman–Crippen LogP) is 17.0. The van der Waals surface area contributed by atoms with Crippen molar-refractivity contribution in [2.75, 3.05) is 54.1 Å². The number of phosphoric acid groups is 1. The lowest BCUT2D eigenvalue weighted by Crippen LogP contribution is -2.37. The van der Waals surface area contributed by atoms with E-state index in [1.165, 1.54) is 25.7 Å². The van der Waals surface area contributed by atoms with Crippen LogP contribution >= 0.6 is 7.82 Å². The van der Waals surface area contributed by atoms with Crippen molar-refractivity contribution in [3.05, 3.63) is 146 Å². The Bertz CT molecular complexity index is 1640. The standard InChI is InChI=1S/C62H102NO7P/c1-6-8-10-12-14-16-18-20-22-24-26-28-30-31-32-34-36-38-40-42-44-46-48-50-52-54-57-67-59-61(60-69-71(65,66)68-58-56-63(3,4)5)70-62(64)55-53-51-49-47-45-43-41-39-37-35-33-29-27-25-23-21-19-17-15-13-11-9-7-2/h8-11,14-17,20-23,26-29,31-32,35-38,41,43,61H,6-7,12-13,18-19,24-25,30,33-34,39-40,42,44-60H2,1-5H3/b10-8-,11-9-,16-14-,17-15-,22-20-,23-21-,28-26-,29-27-,32-31-,37-35-,38-36-,43-41-. The summed E-state index contributed by atoms with van der Waals surface area (Å²) in [6.07, 6.45) is 78.8. The topological polar surface area (TPSA) is 94.1 Å². The van der Waals surface area contributed by atoms with E-state index in [0.29, 0.717) is 24.1 Å². The quantitative estimate of drug-likeness (QED) is 0.0197. The highest BCUT2D eigenvalue weighted by molar-refractivity contribution is 7.45. The Hall–Kier alpha value is -3.62. The lowest BCUT2D eigenvalue weighted by Gasteiger charge is -2.28. The summed E-state index contributed by atoms with van der Waals surface area (Å²) in [6, 6.07) is 0. The van der Waals surface area contributed by atoms with Crippen LogP contribution in [0.1, 0.15) is 181 Å². The van der Waals surface area contributed by atoms with Crippen molar-refractivity contribution in [3.63, 3.8) is 0 Å². The first kappa shape index (κ1) is 67.4. The van der Waals surface area contributed by atoms with Gasteiger partial charge in [-0.1, -0.05) is 205 Å². The lowest BCUT2D eigenvalue weighted by molar-refractivity contribution is -0.870. The van der Waals surface area contributed by atoms with Gasteiger partial charge >= 0.3 is 5.97 Å². The van der Waals surface area contributed by atoms with Gasteiger partial charge in [0.25, 0.3) is 7.82 Å². The molecule has 0 bridgehead atoms. The average molecular weight is 1000 g/mol. The Morgan fingerprint density at radius 1 is 0.437 bits per heavy atom. The first-order valence-corrected chi connectivity index (χ1v) is 29.0. The van der Waals surface area contributed by atoms with E-state index in [9.17, 15) is 14.3 Å². The van der Waals surface area contributed by atoms with E-state index >= 15 is 0 Å². The van der Waals surface area contributed by atoms with E-state index < -0.39 is 13.9 Å². The third-order valence-corrected chi connectivity index (χ3v) is 11.9. The van der Waals surface area contributed by atoms with E-state index in [2.05, 4.69) is 160 Å². The summed E-state index contributed by atoms with van der Waals surface area (Å²) >= 11 is 0. The van der Waals surface area contributed by atoms with Gasteiger partial charge < -0.3 is 27.9 Å². The van der Waals surface area contributed by atoms with Gasteiger partial charge in [0.1, 0.15) is 19.3 Å². The first-order valence-electron chi connectivity index (χ1n) is 27.6. The lowest BCUT2D eigenvalue weighted by atomic mass is 10.1. The molecule has 0 aliphatic heterocycles. The number of hydrogen-bond donors (Lipinski definition) is 0. The minimum Gasteiger partial charge on any atom is -0.756 e. The summed E-state index contributed by atoms with van der Waals surface area (Å²) < 4.78 is 34.8. The molecule has 0 fully saturated rings. The van der Waals surface area contributed by atoms with Crippen molar-refractivity contribution < 1.29 is 37.3 Å². The Labute approximate surface area is 436 Å². The summed E-state index contributed by atoms with van der Waals surface area (Å²) in [5.74, 6) is -0.369. The fraction of sp³-hybridized carbons (Fsp3) is 0.597. The molecule has 0 N–H and O–H groups in total. The van der Waals surface area contributed by atoms with Gasteiger partial charge in [-0.2, -0.15) is 0 Å². The number of phosphoric ester groups is 1. The Kier molecular flexibility index (Phi) is 50.0. The zero-order chi connectivity index (χ0) is 51.9. The molecule has 0 rings (SSSR count). The molecule has 2 atom stereocenters. The average Bonchev–Trinajstić information content (AvgIpc) is 3.33. The maximum atomic E-state index is 12.8. The third-order valence-electron chi connectivity index (χ3n) is 10.9. The van der Waals surface area contributed by atoms with Crippen LogP contribution in [0.2, 0.25) is 0 Å². The number of unbranched alkanes of at least 4 members (excludes halogenated alkanes) is 11. The van der Waals surface area contributed by atoms with Crippen LogP contribution in [0, 0.1) is 0 Å². The molecule has 2 unspecified atom stereocenters. The number of hydrogen-bond acceptors (Lipinski definition) is 7. The molecule has 0 aliphatic rings. The normalized spacial score (nSPS) is 14.6. The number of carbonyl (C=O) groups is 1. The molecule has 0 spiro atoms. The molecule has 71 heavy (non-hydrogen) atoms. The molecule has 0 aromatic heterocycles. The van der Waals surface area contributed by atoms with Crippen LogP contribution in [-0.2, 0) is 27.9 Å². The van der Waals surface area contributed by atoms with Gasteiger partial charge in [0.05, 0.1) is 34.4 Å². The number of ether oxygens (including phenoxy) is 2. The summed E-state index contributed by atoms with van der Waals surface area (Å²) in [5, 5.41) is 0. The Morgan fingerprint density at radius 2 is 0.775 bits per heavy atom. The summed E-state index contributed by atoms with van der Waals surface area (Å²) in [5.41, 5.74) is 0. The molecule has 0 radical (unpaired) electrons. The van der Waals surface area contributed by atoms with E-state index in [0.717, 1.165) is 128 Å². The second-order valence-electron chi connectivity index (χ2n) is 18.8. The molecule has 0 saturated heterocycles. The van der Waals surface area contributed by atoms with Crippen molar-refractivity contribution in [1.29, 1.82) is 0 Å². The van der Waals surface area contributed by atoms with Crippen LogP contribution in [-0.4, -0.2) is 70.7 Å². The van der Waals surface area contributed by atoms with Gasteiger partial charge in [-0.05, 0) is 116 Å². The second-order valence-corrected chi connectivity index (χ2v) is 20.2. The zero-order valence-electron chi connectivity index (χ0n) is 45.6. The first-order chi connectivity index (χ1) is 34.6. The maximum Gasteiger partial charge on any atom is 0.306 e. The molecule has 402 valence electrons. The largest absolute Gasteiger partial charge is 0.756 e. The summed E-state index contributed by atoms with van der Waals surface area (Å²) in [6.45, 7) is 5.08. The van der Waals surface area contributed by atoms with Gasteiger partial charge in [-0.25, -0.2) is 0 Å². The van der Waals surface area contributed by atoms with Gasteiger partial charge in [0.2, 0.25) is 0 Å². The van der Waals surface area contributed by atoms with Crippen LogP contribution in [0.3, 0.4) is 0 Å². The minimum atomic E-state index is -4.56. The van der Waals surface area contributed by atoms with Crippen LogP contribution in [0.4, 0.5) is 0 Å². The van der Waals surface area contributed by atoms with E-state index in [4.69, 9.17) is 18.5 Å². The van der Waals surface area contributed by atoms with Crippen LogP contribution < -0.4 is 4.89 Å². The van der Waals surface area contributed by atoms with Crippen molar-refractivity contribution >= 4 is 13.8 Å². The number of likely N-dealkylation sites (N-methyl/N-ethyl adjacent to an activating group) is 1. The van der Waals surface area contributed by atoms with Gasteiger partial charge in [0.15, 0.2) is 0 Å². The van der Waals surface area contributed by atoms with Gasteiger partial charge in [-0.3, -0.25) is 9.36 Å². The molecule has 8 nitrogen and oxygen atoms in total. The number of carbonyl (C=O) groups excluding carboxylic acids is 1. The SMILES string of the molecule is CC/C=C\C/C=C\C/C=C\C/C=C\C/C=C\C/C=C\CCCCCCCCCOCC(COP(=O)([O-])OCC[N+](C)(C)C)OC(=O)CCCCCC/C=C\C/C=C\C/C=C\C/C=C\C/C=C\C/C=C\CC. The fourth-order valence-electron chi connectivity index (χ4n) is 6.73. The molecular weight excluding hydrogens is 902 g/mol. The smallest absolute Gasteiger partial charge is 0.306 e. The fourth-order valence-corrected chi connectivity index (χ4v) is 7.46. The monoisotopic (exact) mass is 1000 g/mol. The van der Waals surface area contributed by atoms with E-state index in [1.54, 1.807) is 0 Å². The molecule has 0 heterocycles. The van der Waals surface area contributed by atoms with E-state index in [-0.39, 0.29) is 32.2 Å². The minimum absolute atomic E-state index is 0.00873. The molecule has 9 heteroatoms. The van der Waals surface area contributed by atoms with Crippen molar-refractivity contribution in [2.45, 2.75) is 187 Å². The second kappa shape index (κ2) is 52.7. The number of rotatable bonds is 49. The Morgan fingerprint density at radius 3 is 1.15 bits per heavy atom. The van der Waals surface area contributed by atoms with Crippen LogP contribution in [0.25, 0.3) is 0 Å². The molecular formula is C62H102NO7P. The highest BCUT2D eigenvalue weighted by Crippen LogP contribution is 2.38. The number of nitrogens with zero attached hydrogens (tertiary/aromatic N) is 1. The Balaban J connectivity index is 4.25. The number of quaternary nitrogens is 1. The summed E-state index contributed by atoms with van der Waals surface area (Å²) in [4.78, 5) is 25.2. The molecule has 0 aliphatic carbocycles. The van der Waals surface area contributed by atoms with Gasteiger partial charge in [0, 0.05) is 13.0 Å². The third kappa shape index (κ3) is 57.2. The van der Waals surface area contributed by atoms with Crippen molar-refractivity contribution in [2.24, 2.45) is 0 Å². The van der Waals surface area contributed by atoms with E-state index in [1.807, 2.05) is 21.1 Å². The highest BCUT2D eigenvalue weighted by Gasteiger charge is 2.20. The zero-order valence-corrected chi connectivity index (χ0v) is 46.5. The number of esters is 1. The highest BCUT2D eigenvalue weighted by atomic mass is 31.2. The predicted molar refractivity (Wildman–Crippen MR) is 304 cm³/mol. The van der Waals surface area contributed by atoms with Crippen molar-refractivity contribution in [1.82, 2.24) is 0 Å². The molecule has 0 saturated carbocycles.